The smallest absolute Gasteiger partial charge is 0.266 e. The Morgan fingerprint density at radius 2 is 0.580 bits per heavy atom. The molecule has 9 rings (SSSR count). The Morgan fingerprint density at radius 3 is 0.820 bits per heavy atom. The fraction of sp³-hybridized carbons (Fsp3) is 0.182. The second-order valence-corrected chi connectivity index (χ2v) is 14.3. The van der Waals surface area contributed by atoms with E-state index in [-0.39, 0.29) is 23.6 Å². The van der Waals surface area contributed by atoms with Crippen LogP contribution >= 0.6 is 0 Å². The molecule has 7 aromatic rings. The van der Waals surface area contributed by atoms with Crippen molar-refractivity contribution in [2.75, 3.05) is 9.80 Å². The summed E-state index contributed by atoms with van der Waals surface area (Å²) in [6.45, 7) is 15.8. The first kappa shape index (κ1) is 30.2. The second-order valence-electron chi connectivity index (χ2n) is 14.3. The van der Waals surface area contributed by atoms with Crippen LogP contribution in [0, 0.1) is 55.4 Å². The number of hydrogen-bond acceptors (Lipinski definition) is 4. The van der Waals surface area contributed by atoms with Crippen LogP contribution in [-0.2, 0) is 0 Å². The van der Waals surface area contributed by atoms with Gasteiger partial charge >= 0.3 is 0 Å². The van der Waals surface area contributed by atoms with Crippen molar-refractivity contribution in [2.24, 2.45) is 0 Å². The monoisotopic (exact) mass is 654 g/mol. The first-order valence-corrected chi connectivity index (χ1v) is 17.0. The van der Waals surface area contributed by atoms with E-state index < -0.39 is 0 Å². The number of benzene rings is 7. The van der Waals surface area contributed by atoms with E-state index in [0.29, 0.717) is 44.4 Å². The maximum atomic E-state index is 14.4. The van der Waals surface area contributed by atoms with Gasteiger partial charge in [-0.2, -0.15) is 0 Å². The van der Waals surface area contributed by atoms with Gasteiger partial charge in [-0.15, -0.1) is 0 Å². The number of amides is 4. The number of aryl methyl sites for hydroxylation is 4. The van der Waals surface area contributed by atoms with Crippen LogP contribution in [0.3, 0.4) is 0 Å². The number of rotatable bonds is 2. The second kappa shape index (κ2) is 9.85. The van der Waals surface area contributed by atoms with E-state index in [0.717, 1.165) is 76.8 Å². The number of hydrogen-bond donors (Lipinski definition) is 0. The molecule has 2 aliphatic rings. The highest BCUT2D eigenvalue weighted by atomic mass is 16.2. The van der Waals surface area contributed by atoms with E-state index in [2.05, 4.69) is 12.1 Å². The summed E-state index contributed by atoms with van der Waals surface area (Å²) < 4.78 is 0. The van der Waals surface area contributed by atoms with Crippen molar-refractivity contribution in [3.05, 3.63) is 127 Å². The third kappa shape index (κ3) is 3.53. The van der Waals surface area contributed by atoms with Crippen LogP contribution in [-0.4, -0.2) is 23.6 Å². The SMILES string of the molecule is Cc1cc(C)c(C)c(N2C(=O)c3ccc4c5ccc6c7c(ccc(c8ccc(c3c48)C2=O)c75)C(=O)N(c2c(C)c(C)cc(C)c2C)C6=O)c1C. The third-order valence-corrected chi connectivity index (χ3v) is 11.7. The van der Waals surface area contributed by atoms with Crippen LogP contribution in [0.25, 0.3) is 43.1 Å². The molecule has 7 aromatic carbocycles. The molecule has 50 heavy (non-hydrogen) atoms. The molecule has 2 heterocycles. The van der Waals surface area contributed by atoms with Gasteiger partial charge in [0.1, 0.15) is 0 Å². The molecule has 0 atom stereocenters. The van der Waals surface area contributed by atoms with Crippen LogP contribution in [0.1, 0.15) is 85.9 Å². The summed E-state index contributed by atoms with van der Waals surface area (Å²) >= 11 is 0. The molecular weight excluding hydrogens is 620 g/mol. The fourth-order valence-electron chi connectivity index (χ4n) is 8.74. The summed E-state index contributed by atoms with van der Waals surface area (Å²) in [5.74, 6) is -1.36. The first-order chi connectivity index (χ1) is 23.8. The summed E-state index contributed by atoms with van der Waals surface area (Å²) in [4.78, 5) is 60.2. The number of anilines is 2. The minimum absolute atomic E-state index is 0.341. The van der Waals surface area contributed by atoms with Gasteiger partial charge in [-0.1, -0.05) is 36.4 Å². The predicted molar refractivity (Wildman–Crippen MR) is 201 cm³/mol. The molecule has 2 aliphatic heterocycles. The van der Waals surface area contributed by atoms with Gasteiger partial charge in [0.25, 0.3) is 23.6 Å². The lowest BCUT2D eigenvalue weighted by atomic mass is 9.82. The third-order valence-electron chi connectivity index (χ3n) is 11.7. The van der Waals surface area contributed by atoms with Crippen molar-refractivity contribution < 1.29 is 19.2 Å². The lowest BCUT2D eigenvalue weighted by Gasteiger charge is -2.32. The zero-order chi connectivity index (χ0) is 35.2. The molecule has 0 N–H and O–H groups in total. The van der Waals surface area contributed by atoms with E-state index in [1.807, 2.05) is 104 Å². The average Bonchev–Trinajstić information content (AvgIpc) is 3.09. The number of imide groups is 2. The van der Waals surface area contributed by atoms with Crippen molar-refractivity contribution >= 4 is 78.1 Å². The molecule has 0 aromatic heterocycles. The van der Waals surface area contributed by atoms with Crippen molar-refractivity contribution in [2.45, 2.75) is 55.4 Å². The Bertz CT molecular complexity index is 2460. The number of carbonyl (C=O) groups excluding carboxylic acids is 4. The lowest BCUT2D eigenvalue weighted by molar-refractivity contribution is 0.0877. The van der Waals surface area contributed by atoms with E-state index >= 15 is 0 Å². The summed E-state index contributed by atoms with van der Waals surface area (Å²) in [5, 5.41) is 6.43. The van der Waals surface area contributed by atoms with Gasteiger partial charge in [0.2, 0.25) is 0 Å². The zero-order valence-corrected chi connectivity index (χ0v) is 29.3. The Labute approximate surface area is 289 Å². The Hall–Kier alpha value is -5.88. The number of fused-ring (bicyclic) bond motifs is 2. The Kier molecular flexibility index (Phi) is 5.95. The van der Waals surface area contributed by atoms with Gasteiger partial charge in [-0.05, 0) is 156 Å². The summed E-state index contributed by atoms with van der Waals surface area (Å²) in [6, 6.07) is 19.3. The predicted octanol–water partition coefficient (Wildman–Crippen LogP) is 9.81. The number of nitrogens with zero attached hydrogens (tertiary/aromatic N) is 2. The molecule has 0 fully saturated rings. The number of carbonyl (C=O) groups is 4. The van der Waals surface area contributed by atoms with E-state index in [1.54, 1.807) is 0 Å². The normalized spacial score (nSPS) is 14.5. The molecule has 0 radical (unpaired) electrons. The first-order valence-electron chi connectivity index (χ1n) is 17.0. The highest BCUT2D eigenvalue weighted by Gasteiger charge is 2.39. The molecule has 6 heteroatoms. The fourth-order valence-corrected chi connectivity index (χ4v) is 8.74. The molecular formula is C44H34N2O4. The molecule has 6 nitrogen and oxygen atoms in total. The zero-order valence-electron chi connectivity index (χ0n) is 29.3. The molecule has 244 valence electrons. The van der Waals surface area contributed by atoms with E-state index in [9.17, 15) is 19.2 Å². The van der Waals surface area contributed by atoms with E-state index in [1.165, 1.54) is 9.80 Å². The van der Waals surface area contributed by atoms with Crippen molar-refractivity contribution in [1.29, 1.82) is 0 Å². The summed E-state index contributed by atoms with van der Waals surface area (Å²) in [7, 11) is 0. The minimum Gasteiger partial charge on any atom is -0.268 e. The van der Waals surface area contributed by atoms with Gasteiger partial charge in [0, 0.05) is 33.0 Å². The largest absolute Gasteiger partial charge is 0.268 e. The Balaban J connectivity index is 1.30. The molecule has 0 bridgehead atoms. The van der Waals surface area contributed by atoms with E-state index in [4.69, 9.17) is 0 Å². The van der Waals surface area contributed by atoms with Gasteiger partial charge in [-0.25, -0.2) is 9.80 Å². The van der Waals surface area contributed by atoms with Gasteiger partial charge in [-0.3, -0.25) is 19.2 Å². The van der Waals surface area contributed by atoms with Crippen molar-refractivity contribution in [1.82, 2.24) is 0 Å². The summed E-state index contributed by atoms with van der Waals surface area (Å²) in [6.07, 6.45) is 0. The highest BCUT2D eigenvalue weighted by molar-refractivity contribution is 6.45. The van der Waals surface area contributed by atoms with Gasteiger partial charge in [0.05, 0.1) is 11.4 Å². The topological polar surface area (TPSA) is 74.8 Å². The van der Waals surface area contributed by atoms with Crippen molar-refractivity contribution in [3.8, 4) is 0 Å². The standard InChI is InChI=1S/C44H34N2O4/c1-19-17-20(2)24(6)39(23(19)5)45-41(47)31-13-9-27-29-11-15-33-38-34(44(50)46(43(33)49)40-25(7)21(3)18-22(4)26(40)8)16-12-30(36(29)38)28-10-14-32(42(45)48)37(31)35(27)28/h9-18H,1-8H3. The highest BCUT2D eigenvalue weighted by Crippen LogP contribution is 2.48. The quantitative estimate of drug-likeness (QED) is 0.106. The van der Waals surface area contributed by atoms with Crippen LogP contribution in [0.15, 0.2) is 60.7 Å². The molecule has 4 amide bonds. The molecule has 0 spiro atoms. The molecule has 0 saturated heterocycles. The minimum atomic E-state index is -0.341. The lowest BCUT2D eigenvalue weighted by Crippen LogP contribution is -2.41. The summed E-state index contributed by atoms with van der Waals surface area (Å²) in [5.41, 5.74) is 10.9. The van der Waals surface area contributed by atoms with Crippen LogP contribution in [0.2, 0.25) is 0 Å². The maximum absolute atomic E-state index is 14.4. The molecule has 0 unspecified atom stereocenters. The average molecular weight is 655 g/mol. The van der Waals surface area contributed by atoms with Crippen LogP contribution in [0.5, 0.6) is 0 Å². The van der Waals surface area contributed by atoms with Crippen LogP contribution < -0.4 is 9.80 Å². The maximum Gasteiger partial charge on any atom is 0.266 e. The van der Waals surface area contributed by atoms with Crippen LogP contribution in [0.4, 0.5) is 11.4 Å². The van der Waals surface area contributed by atoms with Crippen molar-refractivity contribution in [3.63, 3.8) is 0 Å². The Morgan fingerprint density at radius 1 is 0.340 bits per heavy atom. The van der Waals surface area contributed by atoms with Gasteiger partial charge < -0.3 is 0 Å². The molecule has 0 saturated carbocycles. The van der Waals surface area contributed by atoms with Gasteiger partial charge in [0.15, 0.2) is 0 Å². The molecule has 0 aliphatic carbocycles.